The second kappa shape index (κ2) is 8.03. The summed E-state index contributed by atoms with van der Waals surface area (Å²) in [4.78, 5) is 12.1. The fourth-order valence-corrected chi connectivity index (χ4v) is 2.69. The summed E-state index contributed by atoms with van der Waals surface area (Å²) in [6.07, 6.45) is 1.53. The lowest BCUT2D eigenvalue weighted by Crippen LogP contribution is -2.17. The third kappa shape index (κ3) is 4.22. The summed E-state index contributed by atoms with van der Waals surface area (Å²) in [7, 11) is 1.60. The number of methoxy groups -OCH3 is 1. The second-order valence-electron chi connectivity index (χ2n) is 5.26. The van der Waals surface area contributed by atoms with E-state index in [1.807, 2.05) is 12.1 Å². The number of ether oxygens (including phenoxy) is 1. The Morgan fingerprint density at radius 3 is 2.65 bits per heavy atom. The van der Waals surface area contributed by atoms with E-state index in [1.54, 1.807) is 43.5 Å². The maximum absolute atomic E-state index is 12.1. The summed E-state index contributed by atoms with van der Waals surface area (Å²) in [5.74, 6) is 0.329. The molecule has 1 amide bonds. The van der Waals surface area contributed by atoms with Crippen LogP contribution in [0.1, 0.15) is 16.1 Å². The van der Waals surface area contributed by atoms with E-state index in [1.165, 1.54) is 6.21 Å². The van der Waals surface area contributed by atoms with Crippen LogP contribution in [0.25, 0.3) is 11.3 Å². The lowest BCUT2D eigenvalue weighted by Gasteiger charge is -2.00. The molecule has 1 aromatic heterocycles. The first-order chi connectivity index (χ1) is 12.6. The predicted octanol–water partition coefficient (Wildman–Crippen LogP) is 4.16. The van der Waals surface area contributed by atoms with E-state index in [4.69, 9.17) is 27.9 Å². The minimum absolute atomic E-state index is 0.262. The minimum Gasteiger partial charge on any atom is -0.497 e. The number of benzene rings is 2. The van der Waals surface area contributed by atoms with Gasteiger partial charge in [-0.05, 0) is 54.1 Å². The molecule has 1 heterocycles. The topological polar surface area (TPSA) is 79.4 Å². The number of aromatic nitrogens is 2. The molecule has 3 aromatic rings. The SMILES string of the molecule is COc1ccc(C=NNC(=O)c2cc(-c3ccc(Cl)cc3Cl)n[nH]2)cc1. The fourth-order valence-electron chi connectivity index (χ4n) is 2.19. The molecule has 0 aliphatic rings. The van der Waals surface area contributed by atoms with Gasteiger partial charge in [0.25, 0.3) is 5.91 Å². The summed E-state index contributed by atoms with van der Waals surface area (Å²) in [5, 5.41) is 11.7. The first kappa shape index (κ1) is 18.0. The Hall–Kier alpha value is -2.83. The Balaban J connectivity index is 1.67. The second-order valence-corrected chi connectivity index (χ2v) is 6.11. The number of nitrogens with zero attached hydrogens (tertiary/aromatic N) is 2. The normalized spacial score (nSPS) is 10.9. The standard InChI is InChI=1S/C18H14Cl2N4O2/c1-26-13-5-2-11(3-6-13)10-21-24-18(25)17-9-16(22-23-17)14-7-4-12(19)8-15(14)20/h2-10H,1H3,(H,22,23)(H,24,25). The van der Waals surface area contributed by atoms with E-state index in [-0.39, 0.29) is 5.69 Å². The predicted molar refractivity (Wildman–Crippen MR) is 102 cm³/mol. The van der Waals surface area contributed by atoms with Crippen molar-refractivity contribution in [1.82, 2.24) is 15.6 Å². The van der Waals surface area contributed by atoms with Gasteiger partial charge in [0.15, 0.2) is 0 Å². The number of hydrazone groups is 1. The van der Waals surface area contributed by atoms with Crippen LogP contribution in [0.3, 0.4) is 0 Å². The van der Waals surface area contributed by atoms with Gasteiger partial charge < -0.3 is 4.74 Å². The van der Waals surface area contributed by atoms with Gasteiger partial charge in [-0.25, -0.2) is 5.43 Å². The Morgan fingerprint density at radius 2 is 1.96 bits per heavy atom. The number of halogens is 2. The van der Waals surface area contributed by atoms with Gasteiger partial charge in [-0.3, -0.25) is 9.89 Å². The molecule has 2 N–H and O–H groups in total. The van der Waals surface area contributed by atoms with Crippen molar-refractivity contribution in [3.8, 4) is 17.0 Å². The van der Waals surface area contributed by atoms with Crippen LogP contribution in [-0.2, 0) is 0 Å². The van der Waals surface area contributed by atoms with Crippen LogP contribution in [0, 0.1) is 0 Å². The van der Waals surface area contributed by atoms with Crippen molar-refractivity contribution in [2.24, 2.45) is 5.10 Å². The number of aromatic amines is 1. The highest BCUT2D eigenvalue weighted by Gasteiger charge is 2.12. The van der Waals surface area contributed by atoms with Crippen LogP contribution < -0.4 is 10.2 Å². The van der Waals surface area contributed by atoms with Crippen LogP contribution in [-0.4, -0.2) is 29.4 Å². The van der Waals surface area contributed by atoms with Crippen LogP contribution in [0.5, 0.6) is 5.75 Å². The maximum Gasteiger partial charge on any atom is 0.289 e. The van der Waals surface area contributed by atoms with Gasteiger partial charge in [-0.2, -0.15) is 10.2 Å². The van der Waals surface area contributed by atoms with Gasteiger partial charge in [0, 0.05) is 10.6 Å². The number of carbonyl (C=O) groups excluding carboxylic acids is 1. The van der Waals surface area contributed by atoms with E-state index < -0.39 is 5.91 Å². The van der Waals surface area contributed by atoms with Crippen molar-refractivity contribution in [2.75, 3.05) is 7.11 Å². The zero-order chi connectivity index (χ0) is 18.5. The van der Waals surface area contributed by atoms with E-state index in [9.17, 15) is 4.79 Å². The quantitative estimate of drug-likeness (QED) is 0.508. The first-order valence-electron chi connectivity index (χ1n) is 7.55. The van der Waals surface area contributed by atoms with Gasteiger partial charge in [0.2, 0.25) is 0 Å². The van der Waals surface area contributed by atoms with E-state index in [0.29, 0.717) is 21.3 Å². The van der Waals surface area contributed by atoms with Crippen molar-refractivity contribution in [1.29, 1.82) is 0 Å². The molecule has 0 saturated carbocycles. The molecule has 0 radical (unpaired) electrons. The van der Waals surface area contributed by atoms with Crippen molar-refractivity contribution < 1.29 is 9.53 Å². The molecule has 6 nitrogen and oxygen atoms in total. The third-order valence-corrected chi connectivity index (χ3v) is 4.07. The zero-order valence-corrected chi connectivity index (χ0v) is 15.2. The number of hydrogen-bond donors (Lipinski definition) is 2. The molecule has 26 heavy (non-hydrogen) atoms. The average molecular weight is 389 g/mol. The Labute approximate surface area is 159 Å². The van der Waals surface area contributed by atoms with Crippen LogP contribution in [0.15, 0.2) is 53.6 Å². The van der Waals surface area contributed by atoms with Gasteiger partial charge in [-0.15, -0.1) is 0 Å². The molecule has 0 aliphatic carbocycles. The van der Waals surface area contributed by atoms with Gasteiger partial charge in [-0.1, -0.05) is 23.2 Å². The Bertz CT molecular complexity index is 952. The lowest BCUT2D eigenvalue weighted by molar-refractivity contribution is 0.0950. The fraction of sp³-hybridized carbons (Fsp3) is 0.0556. The third-order valence-electron chi connectivity index (χ3n) is 3.53. The Morgan fingerprint density at radius 1 is 1.19 bits per heavy atom. The van der Waals surface area contributed by atoms with Crippen LogP contribution in [0.4, 0.5) is 0 Å². The maximum atomic E-state index is 12.1. The molecular formula is C18H14Cl2N4O2. The van der Waals surface area contributed by atoms with Crippen LogP contribution in [0.2, 0.25) is 10.0 Å². The summed E-state index contributed by atoms with van der Waals surface area (Å²) in [6.45, 7) is 0. The Kier molecular flexibility index (Phi) is 5.55. The van der Waals surface area contributed by atoms with Crippen molar-refractivity contribution in [3.63, 3.8) is 0 Å². The average Bonchev–Trinajstić information content (AvgIpc) is 3.12. The summed E-state index contributed by atoms with van der Waals surface area (Å²) in [6, 6.07) is 13.9. The van der Waals surface area contributed by atoms with E-state index >= 15 is 0 Å². The highest BCUT2D eigenvalue weighted by Crippen LogP contribution is 2.29. The highest BCUT2D eigenvalue weighted by atomic mass is 35.5. The molecule has 0 bridgehead atoms. The highest BCUT2D eigenvalue weighted by molar-refractivity contribution is 6.36. The molecule has 0 atom stereocenters. The molecule has 3 rings (SSSR count). The molecule has 8 heteroatoms. The first-order valence-corrected chi connectivity index (χ1v) is 8.30. The molecule has 0 spiro atoms. The number of nitrogens with one attached hydrogen (secondary N) is 2. The van der Waals surface area contributed by atoms with Crippen molar-refractivity contribution in [2.45, 2.75) is 0 Å². The number of hydrogen-bond acceptors (Lipinski definition) is 4. The largest absolute Gasteiger partial charge is 0.497 e. The zero-order valence-electron chi connectivity index (χ0n) is 13.7. The molecular weight excluding hydrogens is 375 g/mol. The smallest absolute Gasteiger partial charge is 0.289 e. The lowest BCUT2D eigenvalue weighted by atomic mass is 10.1. The molecule has 0 fully saturated rings. The van der Waals surface area contributed by atoms with Gasteiger partial charge in [0.1, 0.15) is 11.4 Å². The molecule has 0 saturated heterocycles. The van der Waals surface area contributed by atoms with Crippen LogP contribution >= 0.6 is 23.2 Å². The molecule has 0 aliphatic heterocycles. The van der Waals surface area contributed by atoms with Gasteiger partial charge >= 0.3 is 0 Å². The van der Waals surface area contributed by atoms with E-state index in [2.05, 4.69) is 20.7 Å². The minimum atomic E-state index is -0.418. The van der Waals surface area contributed by atoms with E-state index in [0.717, 1.165) is 11.3 Å². The molecule has 0 unspecified atom stereocenters. The number of H-pyrrole nitrogens is 1. The molecule has 132 valence electrons. The summed E-state index contributed by atoms with van der Waals surface area (Å²) >= 11 is 12.0. The number of rotatable bonds is 5. The van der Waals surface area contributed by atoms with Crippen molar-refractivity contribution >= 4 is 35.3 Å². The van der Waals surface area contributed by atoms with Crippen molar-refractivity contribution in [3.05, 3.63) is 69.8 Å². The number of amides is 1. The monoisotopic (exact) mass is 388 g/mol. The van der Waals surface area contributed by atoms with Gasteiger partial charge in [0.05, 0.1) is 24.0 Å². The summed E-state index contributed by atoms with van der Waals surface area (Å²) in [5.41, 5.74) is 4.74. The number of carbonyl (C=O) groups is 1. The summed E-state index contributed by atoms with van der Waals surface area (Å²) < 4.78 is 5.08. The molecule has 2 aromatic carbocycles.